The molecule has 0 aliphatic carbocycles. The molecular formula is C31H34N6O4. The van der Waals surface area contributed by atoms with Gasteiger partial charge in [0.05, 0.1) is 11.6 Å². The Morgan fingerprint density at radius 3 is 1.95 bits per heavy atom. The van der Waals surface area contributed by atoms with E-state index in [0.717, 1.165) is 0 Å². The maximum absolute atomic E-state index is 13.6. The largest absolute Gasteiger partial charge is 0.368 e. The molecule has 0 spiro atoms. The molecule has 3 rings (SSSR count). The van der Waals surface area contributed by atoms with Gasteiger partial charge in [-0.25, -0.2) is 0 Å². The molecule has 0 bridgehead atoms. The normalized spacial score (nSPS) is 12.7. The standard InChI is InChI=1S/C31H34N6O4/c32-18-8-7-13-25(30(40)37-27(28(34)38)23-9-3-1-4-10-23)35-31(41)26(19-21-14-16-22(20-33)17-15-21)36-29(39)24-11-5-2-6-12-24/h1-6,9-12,14-17,25-27H,7-8,13,18-19,32H2,(H2,34,38)(H,35,41)(H,36,39)(H,37,40)/t25-,26-,27-/m0/s1. The number of carbonyl (C=O) groups excluding carboxylic acids is 4. The molecular weight excluding hydrogens is 520 g/mol. The Morgan fingerprint density at radius 1 is 0.756 bits per heavy atom. The summed E-state index contributed by atoms with van der Waals surface area (Å²) >= 11 is 0. The predicted octanol–water partition coefficient (Wildman–Crippen LogP) is 1.86. The van der Waals surface area contributed by atoms with Gasteiger partial charge in [0.2, 0.25) is 17.7 Å². The van der Waals surface area contributed by atoms with Crippen LogP contribution in [0.25, 0.3) is 0 Å². The number of nitriles is 1. The van der Waals surface area contributed by atoms with Crippen molar-refractivity contribution in [3.05, 3.63) is 107 Å². The van der Waals surface area contributed by atoms with Crippen LogP contribution in [0.15, 0.2) is 84.9 Å². The lowest BCUT2D eigenvalue weighted by Crippen LogP contribution is -2.55. The van der Waals surface area contributed by atoms with Crippen molar-refractivity contribution in [2.24, 2.45) is 11.5 Å². The van der Waals surface area contributed by atoms with E-state index in [1.807, 2.05) is 6.07 Å². The topological polar surface area (TPSA) is 180 Å². The summed E-state index contributed by atoms with van der Waals surface area (Å²) in [4.78, 5) is 52.1. The summed E-state index contributed by atoms with van der Waals surface area (Å²) in [5.41, 5.74) is 13.3. The molecule has 0 unspecified atom stereocenters. The third-order valence-corrected chi connectivity index (χ3v) is 6.46. The van der Waals surface area contributed by atoms with Crippen molar-refractivity contribution in [2.45, 2.75) is 43.8 Å². The van der Waals surface area contributed by atoms with Crippen molar-refractivity contribution in [2.75, 3.05) is 6.54 Å². The Labute approximate surface area is 239 Å². The second-order valence-corrected chi connectivity index (χ2v) is 9.51. The first-order valence-corrected chi connectivity index (χ1v) is 13.3. The van der Waals surface area contributed by atoms with Gasteiger partial charge in [0, 0.05) is 12.0 Å². The van der Waals surface area contributed by atoms with Gasteiger partial charge in [-0.3, -0.25) is 19.2 Å². The Kier molecular flexibility index (Phi) is 11.6. The number of unbranched alkanes of at least 4 members (excludes halogenated alkanes) is 1. The number of hydrogen-bond acceptors (Lipinski definition) is 6. The molecule has 0 radical (unpaired) electrons. The quantitative estimate of drug-likeness (QED) is 0.190. The Hall–Kier alpha value is -5.01. The number of nitrogens with zero attached hydrogens (tertiary/aromatic N) is 1. The zero-order valence-electron chi connectivity index (χ0n) is 22.6. The van der Waals surface area contributed by atoms with E-state index in [2.05, 4.69) is 16.0 Å². The molecule has 7 N–H and O–H groups in total. The van der Waals surface area contributed by atoms with E-state index in [1.54, 1.807) is 84.9 Å². The molecule has 0 aliphatic heterocycles. The van der Waals surface area contributed by atoms with E-state index in [1.165, 1.54) is 0 Å². The van der Waals surface area contributed by atoms with Gasteiger partial charge in [0.1, 0.15) is 18.1 Å². The summed E-state index contributed by atoms with van der Waals surface area (Å²) in [7, 11) is 0. The number of hydrogen-bond donors (Lipinski definition) is 5. The van der Waals surface area contributed by atoms with Crippen LogP contribution in [0.1, 0.15) is 52.4 Å². The molecule has 0 aliphatic rings. The lowest BCUT2D eigenvalue weighted by molar-refractivity contribution is -0.132. The monoisotopic (exact) mass is 554 g/mol. The molecule has 3 atom stereocenters. The van der Waals surface area contributed by atoms with E-state index in [9.17, 15) is 19.2 Å². The van der Waals surface area contributed by atoms with E-state index < -0.39 is 41.8 Å². The lowest BCUT2D eigenvalue weighted by Gasteiger charge is -2.25. The maximum Gasteiger partial charge on any atom is 0.251 e. The number of primary amides is 1. The second kappa shape index (κ2) is 15.5. The van der Waals surface area contributed by atoms with Crippen LogP contribution < -0.4 is 27.4 Å². The first-order valence-electron chi connectivity index (χ1n) is 13.3. The number of benzene rings is 3. The van der Waals surface area contributed by atoms with Crippen molar-refractivity contribution in [3.63, 3.8) is 0 Å². The summed E-state index contributed by atoms with van der Waals surface area (Å²) in [6.45, 7) is 0.407. The number of rotatable bonds is 14. The minimum absolute atomic E-state index is 0.112. The van der Waals surface area contributed by atoms with E-state index >= 15 is 0 Å². The number of carbonyl (C=O) groups is 4. The van der Waals surface area contributed by atoms with Gasteiger partial charge in [0.25, 0.3) is 5.91 Å². The molecule has 3 aromatic rings. The highest BCUT2D eigenvalue weighted by Crippen LogP contribution is 2.14. The van der Waals surface area contributed by atoms with Crippen LogP contribution in [-0.2, 0) is 20.8 Å². The predicted molar refractivity (Wildman–Crippen MR) is 154 cm³/mol. The SMILES string of the molecule is N#Cc1ccc(C[C@H](NC(=O)c2ccccc2)C(=O)N[C@@H](CCCCN)C(=O)N[C@H](C(N)=O)c2ccccc2)cc1. The maximum atomic E-state index is 13.6. The van der Waals surface area contributed by atoms with Gasteiger partial charge >= 0.3 is 0 Å². The van der Waals surface area contributed by atoms with Crippen LogP contribution in [0.3, 0.4) is 0 Å². The summed E-state index contributed by atoms with van der Waals surface area (Å²) in [5, 5.41) is 17.3. The van der Waals surface area contributed by atoms with Crippen molar-refractivity contribution in [1.82, 2.24) is 16.0 Å². The zero-order valence-corrected chi connectivity index (χ0v) is 22.6. The van der Waals surface area contributed by atoms with E-state index in [4.69, 9.17) is 16.7 Å². The second-order valence-electron chi connectivity index (χ2n) is 9.51. The molecule has 10 heteroatoms. The number of nitrogens with two attached hydrogens (primary N) is 2. The molecule has 0 heterocycles. The van der Waals surface area contributed by atoms with Crippen molar-refractivity contribution < 1.29 is 19.2 Å². The van der Waals surface area contributed by atoms with E-state index in [-0.39, 0.29) is 12.8 Å². The molecule has 0 aromatic heterocycles. The average molecular weight is 555 g/mol. The molecule has 0 saturated carbocycles. The molecule has 212 valence electrons. The summed E-state index contributed by atoms with van der Waals surface area (Å²) in [5.74, 6) is -2.37. The highest BCUT2D eigenvalue weighted by molar-refractivity contribution is 5.98. The zero-order chi connectivity index (χ0) is 29.6. The van der Waals surface area contributed by atoms with Crippen LogP contribution in [0, 0.1) is 11.3 Å². The molecule has 41 heavy (non-hydrogen) atoms. The fourth-order valence-electron chi connectivity index (χ4n) is 4.23. The highest BCUT2D eigenvalue weighted by atomic mass is 16.2. The number of nitrogens with one attached hydrogen (secondary N) is 3. The van der Waals surface area contributed by atoms with Crippen molar-refractivity contribution in [1.29, 1.82) is 5.26 Å². The first kappa shape index (κ1) is 30.5. The van der Waals surface area contributed by atoms with E-state index in [0.29, 0.717) is 41.6 Å². The summed E-state index contributed by atoms with van der Waals surface area (Å²) in [6.07, 6.45) is 1.53. The fraction of sp³-hybridized carbons (Fsp3) is 0.258. The molecule has 0 fully saturated rings. The molecule has 0 saturated heterocycles. The molecule has 3 aromatic carbocycles. The average Bonchev–Trinajstić information content (AvgIpc) is 3.00. The summed E-state index contributed by atoms with van der Waals surface area (Å²) in [6, 6.07) is 22.6. The van der Waals surface area contributed by atoms with Gasteiger partial charge < -0.3 is 27.4 Å². The summed E-state index contributed by atoms with van der Waals surface area (Å²) < 4.78 is 0. The Balaban J connectivity index is 1.83. The van der Waals surface area contributed by atoms with Crippen molar-refractivity contribution in [3.8, 4) is 6.07 Å². The van der Waals surface area contributed by atoms with Crippen LogP contribution >= 0.6 is 0 Å². The lowest BCUT2D eigenvalue weighted by atomic mass is 10.0. The fourth-order valence-corrected chi connectivity index (χ4v) is 4.23. The van der Waals surface area contributed by atoms with Crippen LogP contribution in [-0.4, -0.2) is 42.3 Å². The molecule has 4 amide bonds. The third kappa shape index (κ3) is 9.30. The number of amides is 4. The Morgan fingerprint density at radius 2 is 1.37 bits per heavy atom. The Bertz CT molecular complexity index is 1360. The molecule has 10 nitrogen and oxygen atoms in total. The highest BCUT2D eigenvalue weighted by Gasteiger charge is 2.30. The van der Waals surface area contributed by atoms with Crippen LogP contribution in [0.4, 0.5) is 0 Å². The minimum Gasteiger partial charge on any atom is -0.368 e. The minimum atomic E-state index is -1.09. The first-order chi connectivity index (χ1) is 19.8. The van der Waals surface area contributed by atoms with Crippen LogP contribution in [0.5, 0.6) is 0 Å². The van der Waals surface area contributed by atoms with Gasteiger partial charge in [-0.2, -0.15) is 5.26 Å². The third-order valence-electron chi connectivity index (χ3n) is 6.46. The van der Waals surface area contributed by atoms with Gasteiger partial charge in [-0.05, 0) is 61.2 Å². The van der Waals surface area contributed by atoms with Gasteiger partial charge in [-0.1, -0.05) is 60.7 Å². The van der Waals surface area contributed by atoms with Gasteiger partial charge in [0.15, 0.2) is 0 Å². The van der Waals surface area contributed by atoms with Crippen LogP contribution in [0.2, 0.25) is 0 Å². The van der Waals surface area contributed by atoms with Crippen molar-refractivity contribution >= 4 is 23.6 Å². The van der Waals surface area contributed by atoms with Gasteiger partial charge in [-0.15, -0.1) is 0 Å². The smallest absolute Gasteiger partial charge is 0.251 e.